The van der Waals surface area contributed by atoms with Crippen molar-refractivity contribution in [3.8, 4) is 0 Å². The highest BCUT2D eigenvalue weighted by molar-refractivity contribution is 5.93. The van der Waals surface area contributed by atoms with Gasteiger partial charge in [0.15, 0.2) is 0 Å². The molecule has 0 amide bonds. The van der Waals surface area contributed by atoms with Gasteiger partial charge in [-0.2, -0.15) is 0 Å². The van der Waals surface area contributed by atoms with Crippen LogP contribution in [0.15, 0.2) is 12.1 Å². The Bertz CT molecular complexity index is 427. The molecule has 92 valence electrons. The quantitative estimate of drug-likeness (QED) is 0.821. The molecule has 1 aromatic heterocycles. The van der Waals surface area contributed by atoms with Crippen molar-refractivity contribution in [2.24, 2.45) is 11.8 Å². The van der Waals surface area contributed by atoms with Crippen LogP contribution in [0.1, 0.15) is 35.8 Å². The average Bonchev–Trinajstić information content (AvgIpc) is 3.09. The summed E-state index contributed by atoms with van der Waals surface area (Å²) in [4.78, 5) is 15.3. The lowest BCUT2D eigenvalue weighted by Gasteiger charge is -2.13. The minimum Gasteiger partial charge on any atom is -0.478 e. The molecule has 1 aliphatic carbocycles. The molecule has 4 nitrogen and oxygen atoms in total. The second-order valence-corrected chi connectivity index (χ2v) is 4.85. The molecule has 1 atom stereocenters. The first-order valence-electron chi connectivity index (χ1n) is 6.02. The van der Waals surface area contributed by atoms with E-state index in [0.717, 1.165) is 18.2 Å². The van der Waals surface area contributed by atoms with Gasteiger partial charge in [-0.25, -0.2) is 9.78 Å². The summed E-state index contributed by atoms with van der Waals surface area (Å²) in [6.45, 7) is 4.85. The van der Waals surface area contributed by atoms with E-state index in [1.54, 1.807) is 12.1 Å². The zero-order chi connectivity index (χ0) is 12.4. The molecule has 1 fully saturated rings. The Morgan fingerprint density at radius 2 is 2.29 bits per heavy atom. The lowest BCUT2D eigenvalue weighted by molar-refractivity contribution is 0.0697. The number of aromatic nitrogens is 1. The Hall–Kier alpha value is -1.58. The highest BCUT2D eigenvalue weighted by atomic mass is 16.4. The Balaban J connectivity index is 2.07. The smallest absolute Gasteiger partial charge is 0.339 e. The maximum atomic E-state index is 11.0. The molecule has 4 heteroatoms. The van der Waals surface area contributed by atoms with Crippen LogP contribution < -0.4 is 5.32 Å². The summed E-state index contributed by atoms with van der Waals surface area (Å²) in [5.74, 6) is 0.948. The summed E-state index contributed by atoms with van der Waals surface area (Å²) in [6, 6.07) is 3.33. The number of aromatic carboxylic acids is 1. The van der Waals surface area contributed by atoms with Gasteiger partial charge in [-0.05, 0) is 43.7 Å². The number of aryl methyl sites for hydroxylation is 1. The lowest BCUT2D eigenvalue weighted by Crippen LogP contribution is -2.16. The third-order valence-electron chi connectivity index (χ3n) is 3.28. The van der Waals surface area contributed by atoms with Crippen LogP contribution in [0.25, 0.3) is 0 Å². The predicted molar refractivity (Wildman–Crippen MR) is 66.3 cm³/mol. The average molecular weight is 234 g/mol. The van der Waals surface area contributed by atoms with Gasteiger partial charge < -0.3 is 10.4 Å². The van der Waals surface area contributed by atoms with Gasteiger partial charge in [0.2, 0.25) is 0 Å². The molecule has 2 N–H and O–H groups in total. The van der Waals surface area contributed by atoms with Crippen molar-refractivity contribution < 1.29 is 9.90 Å². The Morgan fingerprint density at radius 3 is 2.88 bits per heavy atom. The van der Waals surface area contributed by atoms with Gasteiger partial charge in [0, 0.05) is 12.2 Å². The summed E-state index contributed by atoms with van der Waals surface area (Å²) >= 11 is 0. The number of carboxylic acid groups (broad SMARTS) is 1. The van der Waals surface area contributed by atoms with E-state index < -0.39 is 5.97 Å². The number of carbonyl (C=O) groups is 1. The van der Waals surface area contributed by atoms with Gasteiger partial charge in [-0.3, -0.25) is 0 Å². The van der Waals surface area contributed by atoms with Crippen LogP contribution >= 0.6 is 0 Å². The largest absolute Gasteiger partial charge is 0.478 e. The number of pyridine rings is 1. The summed E-state index contributed by atoms with van der Waals surface area (Å²) in [7, 11) is 0. The third kappa shape index (κ3) is 2.96. The first-order chi connectivity index (χ1) is 8.08. The number of hydrogen-bond donors (Lipinski definition) is 2. The number of carboxylic acids is 1. The van der Waals surface area contributed by atoms with E-state index >= 15 is 0 Å². The minimum atomic E-state index is -0.931. The zero-order valence-corrected chi connectivity index (χ0v) is 10.2. The van der Waals surface area contributed by atoms with Crippen molar-refractivity contribution in [3.63, 3.8) is 0 Å². The molecule has 1 unspecified atom stereocenters. The van der Waals surface area contributed by atoms with Gasteiger partial charge in [-0.15, -0.1) is 0 Å². The molecule has 0 spiro atoms. The van der Waals surface area contributed by atoms with E-state index in [1.807, 2.05) is 6.92 Å². The van der Waals surface area contributed by atoms with E-state index in [4.69, 9.17) is 5.11 Å². The second kappa shape index (κ2) is 4.73. The Morgan fingerprint density at radius 1 is 1.59 bits per heavy atom. The van der Waals surface area contributed by atoms with Crippen LogP contribution in [0.3, 0.4) is 0 Å². The van der Waals surface area contributed by atoms with E-state index in [-0.39, 0.29) is 5.56 Å². The molecule has 1 heterocycles. The standard InChI is InChI=1S/C13H18N2O2/c1-8(10-4-5-10)7-14-12-11(13(16)17)6-3-9(2)15-12/h3,6,8,10H,4-5,7H2,1-2H3,(H,14,15)(H,16,17). The second-order valence-electron chi connectivity index (χ2n) is 4.85. The van der Waals surface area contributed by atoms with Gasteiger partial charge in [-0.1, -0.05) is 6.92 Å². The number of nitrogens with zero attached hydrogens (tertiary/aromatic N) is 1. The molecule has 1 aliphatic rings. The molecular weight excluding hydrogens is 216 g/mol. The lowest BCUT2D eigenvalue weighted by atomic mass is 10.1. The molecule has 0 radical (unpaired) electrons. The molecule has 0 aromatic carbocycles. The van der Waals surface area contributed by atoms with Gasteiger partial charge in [0.05, 0.1) is 0 Å². The van der Waals surface area contributed by atoms with Crippen LogP contribution in [0.5, 0.6) is 0 Å². The number of rotatable bonds is 5. The maximum absolute atomic E-state index is 11.0. The summed E-state index contributed by atoms with van der Waals surface area (Å²) in [6.07, 6.45) is 2.60. The van der Waals surface area contributed by atoms with Crippen molar-refractivity contribution in [1.82, 2.24) is 4.98 Å². The molecule has 0 bridgehead atoms. The van der Waals surface area contributed by atoms with Crippen molar-refractivity contribution in [1.29, 1.82) is 0 Å². The van der Waals surface area contributed by atoms with E-state index in [1.165, 1.54) is 12.8 Å². The molecule has 2 rings (SSSR count). The molecule has 1 saturated carbocycles. The molecule has 0 saturated heterocycles. The van der Waals surface area contributed by atoms with E-state index in [2.05, 4.69) is 17.2 Å². The number of nitrogens with one attached hydrogen (secondary N) is 1. The van der Waals surface area contributed by atoms with Gasteiger partial charge >= 0.3 is 5.97 Å². The van der Waals surface area contributed by atoms with Crippen LogP contribution in [-0.2, 0) is 0 Å². The van der Waals surface area contributed by atoms with Crippen LogP contribution in [0.4, 0.5) is 5.82 Å². The number of anilines is 1. The minimum absolute atomic E-state index is 0.249. The zero-order valence-electron chi connectivity index (χ0n) is 10.2. The molecular formula is C13H18N2O2. The topological polar surface area (TPSA) is 62.2 Å². The maximum Gasteiger partial charge on any atom is 0.339 e. The Labute approximate surface area is 101 Å². The monoisotopic (exact) mass is 234 g/mol. The fourth-order valence-corrected chi connectivity index (χ4v) is 1.95. The van der Waals surface area contributed by atoms with Crippen LogP contribution in [0.2, 0.25) is 0 Å². The highest BCUT2D eigenvalue weighted by Gasteiger charge is 2.27. The normalized spacial score (nSPS) is 16.6. The summed E-state index contributed by atoms with van der Waals surface area (Å²) in [5, 5.41) is 12.2. The summed E-state index contributed by atoms with van der Waals surface area (Å²) < 4.78 is 0. The van der Waals surface area contributed by atoms with Crippen molar-refractivity contribution >= 4 is 11.8 Å². The van der Waals surface area contributed by atoms with Crippen molar-refractivity contribution in [3.05, 3.63) is 23.4 Å². The van der Waals surface area contributed by atoms with E-state index in [0.29, 0.717) is 11.7 Å². The number of hydrogen-bond acceptors (Lipinski definition) is 3. The predicted octanol–water partition coefficient (Wildman–Crippen LogP) is 2.55. The molecule has 1 aromatic rings. The first-order valence-corrected chi connectivity index (χ1v) is 6.02. The SMILES string of the molecule is Cc1ccc(C(=O)O)c(NCC(C)C2CC2)n1. The van der Waals surface area contributed by atoms with E-state index in [9.17, 15) is 4.79 Å². The molecule has 17 heavy (non-hydrogen) atoms. The van der Waals surface area contributed by atoms with Crippen LogP contribution in [-0.4, -0.2) is 22.6 Å². The fourth-order valence-electron chi connectivity index (χ4n) is 1.95. The summed E-state index contributed by atoms with van der Waals surface area (Å²) in [5.41, 5.74) is 1.08. The van der Waals surface area contributed by atoms with Crippen molar-refractivity contribution in [2.45, 2.75) is 26.7 Å². The highest BCUT2D eigenvalue weighted by Crippen LogP contribution is 2.36. The van der Waals surface area contributed by atoms with Crippen LogP contribution in [0, 0.1) is 18.8 Å². The fraction of sp³-hybridized carbons (Fsp3) is 0.538. The molecule has 0 aliphatic heterocycles. The van der Waals surface area contributed by atoms with Crippen molar-refractivity contribution in [2.75, 3.05) is 11.9 Å². The first kappa shape index (κ1) is 11.9. The van der Waals surface area contributed by atoms with Gasteiger partial charge in [0.1, 0.15) is 11.4 Å². The third-order valence-corrected chi connectivity index (χ3v) is 3.28. The van der Waals surface area contributed by atoms with Gasteiger partial charge in [0.25, 0.3) is 0 Å². The Kier molecular flexibility index (Phi) is 3.31.